The van der Waals surface area contributed by atoms with Gasteiger partial charge >= 0.3 is 0 Å². The molecule has 0 aromatic carbocycles. The highest BCUT2D eigenvalue weighted by Gasteiger charge is 2.10. The molecule has 0 fully saturated rings. The minimum atomic E-state index is 0.666. The summed E-state index contributed by atoms with van der Waals surface area (Å²) in [5, 5.41) is 4.08. The second-order valence-corrected chi connectivity index (χ2v) is 3.78. The summed E-state index contributed by atoms with van der Waals surface area (Å²) in [6, 6.07) is 1.90. The maximum absolute atomic E-state index is 5.82. The van der Waals surface area contributed by atoms with Crippen molar-refractivity contribution in [3.05, 3.63) is 29.1 Å². The van der Waals surface area contributed by atoms with Gasteiger partial charge in [-0.2, -0.15) is 5.10 Å². The third kappa shape index (κ3) is 1.39. The van der Waals surface area contributed by atoms with Crippen LogP contribution in [-0.2, 0) is 7.05 Å². The lowest BCUT2D eigenvalue weighted by atomic mass is 10.2. The zero-order valence-corrected chi connectivity index (χ0v) is 9.19. The number of aryl methyl sites for hydroxylation is 1. The van der Waals surface area contributed by atoms with Gasteiger partial charge in [0.2, 0.25) is 0 Å². The molecule has 0 spiro atoms. The Labute approximate surface area is 89.9 Å². The van der Waals surface area contributed by atoms with Gasteiger partial charge in [-0.1, -0.05) is 0 Å². The standard InChI is InChI=1S/C9H9BrN4/c1-14-9(8(11)5-13-14)6-2-3-12-4-7(6)10/h2-5H,11H2,1H3. The van der Waals surface area contributed by atoms with Crippen molar-refractivity contribution < 1.29 is 0 Å². The lowest BCUT2D eigenvalue weighted by Gasteiger charge is -2.05. The number of anilines is 1. The number of nitrogen functional groups attached to an aromatic ring is 1. The van der Waals surface area contributed by atoms with Crippen LogP contribution in [0.5, 0.6) is 0 Å². The molecule has 0 saturated carbocycles. The predicted octanol–water partition coefficient (Wildman–Crippen LogP) is 1.83. The fourth-order valence-electron chi connectivity index (χ4n) is 1.35. The van der Waals surface area contributed by atoms with Crippen LogP contribution in [-0.4, -0.2) is 14.8 Å². The Morgan fingerprint density at radius 2 is 2.21 bits per heavy atom. The van der Waals surface area contributed by atoms with Crippen LogP contribution in [0.1, 0.15) is 0 Å². The molecule has 0 saturated heterocycles. The van der Waals surface area contributed by atoms with Crippen molar-refractivity contribution >= 4 is 21.6 Å². The lowest BCUT2D eigenvalue weighted by Crippen LogP contribution is -1.96. The molecule has 0 aliphatic carbocycles. The molecule has 72 valence electrons. The van der Waals surface area contributed by atoms with E-state index in [4.69, 9.17) is 5.73 Å². The average Bonchev–Trinajstić information content (AvgIpc) is 2.48. The van der Waals surface area contributed by atoms with Gasteiger partial charge in [0, 0.05) is 29.5 Å². The van der Waals surface area contributed by atoms with Crippen molar-refractivity contribution in [1.82, 2.24) is 14.8 Å². The summed E-state index contributed by atoms with van der Waals surface area (Å²) in [6.07, 6.45) is 5.11. The van der Waals surface area contributed by atoms with Crippen molar-refractivity contribution in [1.29, 1.82) is 0 Å². The summed E-state index contributed by atoms with van der Waals surface area (Å²) in [6.45, 7) is 0. The van der Waals surface area contributed by atoms with Gasteiger partial charge in [-0.3, -0.25) is 9.67 Å². The summed E-state index contributed by atoms with van der Waals surface area (Å²) in [4.78, 5) is 4.00. The van der Waals surface area contributed by atoms with E-state index in [0.717, 1.165) is 15.7 Å². The predicted molar refractivity (Wildman–Crippen MR) is 58.6 cm³/mol. The Kier molecular flexibility index (Phi) is 2.25. The minimum absolute atomic E-state index is 0.666. The van der Waals surface area contributed by atoms with Crippen LogP contribution < -0.4 is 5.73 Å². The zero-order valence-electron chi connectivity index (χ0n) is 7.61. The van der Waals surface area contributed by atoms with Crippen molar-refractivity contribution in [3.63, 3.8) is 0 Å². The molecule has 0 atom stereocenters. The number of nitrogens with two attached hydrogens (primary N) is 1. The largest absolute Gasteiger partial charge is 0.396 e. The van der Waals surface area contributed by atoms with Crippen LogP contribution >= 0.6 is 15.9 Å². The maximum Gasteiger partial charge on any atom is 0.0921 e. The van der Waals surface area contributed by atoms with Crippen LogP contribution in [0.4, 0.5) is 5.69 Å². The molecule has 0 aliphatic heterocycles. The van der Waals surface area contributed by atoms with E-state index in [1.165, 1.54) is 0 Å². The summed E-state index contributed by atoms with van der Waals surface area (Å²) in [5.74, 6) is 0. The second-order valence-electron chi connectivity index (χ2n) is 2.93. The van der Waals surface area contributed by atoms with Gasteiger partial charge in [0.1, 0.15) is 0 Å². The number of rotatable bonds is 1. The third-order valence-electron chi connectivity index (χ3n) is 1.99. The molecule has 0 unspecified atom stereocenters. The monoisotopic (exact) mass is 252 g/mol. The Hall–Kier alpha value is -1.36. The van der Waals surface area contributed by atoms with E-state index in [0.29, 0.717) is 5.69 Å². The van der Waals surface area contributed by atoms with Gasteiger partial charge in [0.25, 0.3) is 0 Å². The van der Waals surface area contributed by atoms with E-state index < -0.39 is 0 Å². The van der Waals surface area contributed by atoms with Crippen LogP contribution in [0.25, 0.3) is 11.3 Å². The fraction of sp³-hybridized carbons (Fsp3) is 0.111. The first-order chi connectivity index (χ1) is 6.70. The molecule has 14 heavy (non-hydrogen) atoms. The van der Waals surface area contributed by atoms with Crippen molar-refractivity contribution in [3.8, 4) is 11.3 Å². The Morgan fingerprint density at radius 1 is 1.43 bits per heavy atom. The Balaban J connectivity index is 2.66. The van der Waals surface area contributed by atoms with Crippen LogP contribution in [0.3, 0.4) is 0 Å². The van der Waals surface area contributed by atoms with Gasteiger partial charge in [0.05, 0.1) is 17.6 Å². The molecule has 2 heterocycles. The van der Waals surface area contributed by atoms with Crippen LogP contribution in [0.2, 0.25) is 0 Å². The summed E-state index contributed by atoms with van der Waals surface area (Å²) in [7, 11) is 1.86. The van der Waals surface area contributed by atoms with Gasteiger partial charge < -0.3 is 5.73 Å². The Morgan fingerprint density at radius 3 is 2.79 bits per heavy atom. The molecule has 2 rings (SSSR count). The zero-order chi connectivity index (χ0) is 10.1. The normalized spacial score (nSPS) is 10.4. The van der Waals surface area contributed by atoms with E-state index >= 15 is 0 Å². The number of nitrogens with zero attached hydrogens (tertiary/aromatic N) is 3. The SMILES string of the molecule is Cn1ncc(N)c1-c1ccncc1Br. The first-order valence-corrected chi connectivity index (χ1v) is 4.87. The highest BCUT2D eigenvalue weighted by atomic mass is 79.9. The quantitative estimate of drug-likeness (QED) is 0.843. The van der Waals surface area contributed by atoms with Gasteiger partial charge in [-0.25, -0.2) is 0 Å². The number of hydrogen-bond acceptors (Lipinski definition) is 3. The topological polar surface area (TPSA) is 56.7 Å². The smallest absolute Gasteiger partial charge is 0.0921 e. The first kappa shape index (κ1) is 9.21. The second kappa shape index (κ2) is 3.42. The number of hydrogen-bond donors (Lipinski definition) is 1. The van der Waals surface area contributed by atoms with E-state index in [1.54, 1.807) is 23.3 Å². The number of aromatic nitrogens is 3. The highest BCUT2D eigenvalue weighted by molar-refractivity contribution is 9.10. The molecule has 0 aliphatic rings. The molecule has 0 radical (unpaired) electrons. The molecular weight excluding hydrogens is 244 g/mol. The molecule has 2 aromatic heterocycles. The van der Waals surface area contributed by atoms with E-state index in [-0.39, 0.29) is 0 Å². The molecule has 4 nitrogen and oxygen atoms in total. The third-order valence-corrected chi connectivity index (χ3v) is 2.63. The van der Waals surface area contributed by atoms with Crippen LogP contribution in [0.15, 0.2) is 29.1 Å². The number of pyridine rings is 1. The minimum Gasteiger partial charge on any atom is -0.396 e. The first-order valence-electron chi connectivity index (χ1n) is 4.07. The average molecular weight is 253 g/mol. The van der Waals surface area contributed by atoms with E-state index in [9.17, 15) is 0 Å². The van der Waals surface area contributed by atoms with Gasteiger partial charge in [-0.15, -0.1) is 0 Å². The van der Waals surface area contributed by atoms with E-state index in [2.05, 4.69) is 26.0 Å². The van der Waals surface area contributed by atoms with Crippen molar-refractivity contribution in [2.45, 2.75) is 0 Å². The summed E-state index contributed by atoms with van der Waals surface area (Å²) >= 11 is 3.43. The molecule has 0 bridgehead atoms. The van der Waals surface area contributed by atoms with Gasteiger partial charge in [0.15, 0.2) is 0 Å². The molecule has 2 N–H and O–H groups in total. The summed E-state index contributed by atoms with van der Waals surface area (Å²) < 4.78 is 2.66. The Bertz CT molecular complexity index is 444. The number of halogens is 1. The molecule has 0 amide bonds. The van der Waals surface area contributed by atoms with E-state index in [1.807, 2.05) is 13.1 Å². The van der Waals surface area contributed by atoms with Crippen molar-refractivity contribution in [2.24, 2.45) is 7.05 Å². The lowest BCUT2D eigenvalue weighted by molar-refractivity contribution is 0.775. The maximum atomic E-state index is 5.82. The molecule has 5 heteroatoms. The highest BCUT2D eigenvalue weighted by Crippen LogP contribution is 2.30. The fourth-order valence-corrected chi connectivity index (χ4v) is 1.79. The molecular formula is C9H9BrN4. The van der Waals surface area contributed by atoms with Gasteiger partial charge in [-0.05, 0) is 22.0 Å². The van der Waals surface area contributed by atoms with Crippen LogP contribution in [0, 0.1) is 0 Å². The van der Waals surface area contributed by atoms with Crippen molar-refractivity contribution in [2.75, 3.05) is 5.73 Å². The summed E-state index contributed by atoms with van der Waals surface area (Å²) in [5.41, 5.74) is 8.38. The molecule has 2 aromatic rings.